The first-order valence-electron chi connectivity index (χ1n) is 9.17. The molecular weight excluding hydrogens is 401 g/mol. The molecule has 0 aromatic heterocycles. The number of aliphatic hydroxyl groups excluding tert-OH is 1. The third-order valence-electron chi connectivity index (χ3n) is 4.82. The third kappa shape index (κ3) is 4.36. The van der Waals surface area contributed by atoms with Crippen LogP contribution in [0.5, 0.6) is 0 Å². The van der Waals surface area contributed by atoms with Crippen LogP contribution in [-0.4, -0.2) is 81.9 Å². The highest BCUT2D eigenvalue weighted by Gasteiger charge is 2.47. The lowest BCUT2D eigenvalue weighted by atomic mass is 10.0. The van der Waals surface area contributed by atoms with Gasteiger partial charge in [-0.25, -0.2) is 4.39 Å². The molecule has 0 bridgehead atoms. The second-order valence-electron chi connectivity index (χ2n) is 6.65. The normalized spacial score (nSPS) is 19.4. The number of benzene rings is 1. The van der Waals surface area contributed by atoms with Crippen molar-refractivity contribution in [3.8, 4) is 0 Å². The molecule has 1 saturated heterocycles. The fourth-order valence-electron chi connectivity index (χ4n) is 3.06. The van der Waals surface area contributed by atoms with Crippen LogP contribution in [0.1, 0.15) is 40.5 Å². The Balaban J connectivity index is 0.000000396. The molecule has 11 heteroatoms. The van der Waals surface area contributed by atoms with Gasteiger partial charge in [0, 0.05) is 6.42 Å². The number of fused-ring (bicyclic) bond motifs is 1. The standard InChI is InChI=1S/C15H13FN2O5.C4H9NO2/c16-9-3-1-2-8-12(9)15(23)18(13(8)21)10-4-5-11(20)17(6-7-19)14(10)22;1-3(5-2)4(6)7/h1-3,10,19H,4-7H2;3,5H,1-2H3,(H,6,7)/t;3-/m.0/s1. The van der Waals surface area contributed by atoms with Gasteiger partial charge in [-0.05, 0) is 32.5 Å². The minimum Gasteiger partial charge on any atom is -0.480 e. The fourth-order valence-corrected chi connectivity index (χ4v) is 3.06. The molecule has 3 rings (SSSR count). The molecule has 4 amide bonds. The fraction of sp³-hybridized carbons (Fsp3) is 0.421. The number of β-amino-alcohol motifs (C(OH)–C–C–N with tert-alkyl or cyclic N) is 1. The smallest absolute Gasteiger partial charge is 0.320 e. The number of likely N-dealkylation sites (N-methyl/N-ethyl adjacent to an activating group) is 1. The minimum atomic E-state index is -1.16. The van der Waals surface area contributed by atoms with E-state index in [9.17, 15) is 28.4 Å². The van der Waals surface area contributed by atoms with Crippen LogP contribution in [0, 0.1) is 5.82 Å². The maximum atomic E-state index is 13.8. The molecule has 10 nitrogen and oxygen atoms in total. The third-order valence-corrected chi connectivity index (χ3v) is 4.82. The molecule has 1 aromatic carbocycles. The zero-order chi connectivity index (χ0) is 22.6. The molecule has 1 unspecified atom stereocenters. The number of nitrogens with zero attached hydrogens (tertiary/aromatic N) is 2. The summed E-state index contributed by atoms with van der Waals surface area (Å²) in [4.78, 5) is 60.3. The Morgan fingerprint density at radius 2 is 1.93 bits per heavy atom. The number of carboxylic acid groups (broad SMARTS) is 1. The van der Waals surface area contributed by atoms with Crippen molar-refractivity contribution in [1.82, 2.24) is 15.1 Å². The van der Waals surface area contributed by atoms with E-state index in [0.717, 1.165) is 11.0 Å². The van der Waals surface area contributed by atoms with Gasteiger partial charge in [0.2, 0.25) is 5.91 Å². The van der Waals surface area contributed by atoms with Crippen LogP contribution in [0.2, 0.25) is 0 Å². The number of imide groups is 2. The maximum absolute atomic E-state index is 13.8. The van der Waals surface area contributed by atoms with Crippen LogP contribution in [0.4, 0.5) is 4.39 Å². The Morgan fingerprint density at radius 3 is 2.43 bits per heavy atom. The molecule has 0 aliphatic carbocycles. The van der Waals surface area contributed by atoms with Gasteiger partial charge in [0.25, 0.3) is 17.7 Å². The van der Waals surface area contributed by atoms with E-state index >= 15 is 0 Å². The van der Waals surface area contributed by atoms with Crippen molar-refractivity contribution < 1.29 is 38.6 Å². The van der Waals surface area contributed by atoms with Gasteiger partial charge in [0.05, 0.1) is 24.3 Å². The molecule has 30 heavy (non-hydrogen) atoms. The Morgan fingerprint density at radius 1 is 1.27 bits per heavy atom. The summed E-state index contributed by atoms with van der Waals surface area (Å²) in [5.41, 5.74) is -0.440. The number of aliphatic hydroxyl groups is 1. The Hall–Kier alpha value is -3.18. The summed E-state index contributed by atoms with van der Waals surface area (Å²) in [5.74, 6) is -4.47. The highest BCUT2D eigenvalue weighted by atomic mass is 19.1. The van der Waals surface area contributed by atoms with Gasteiger partial charge >= 0.3 is 5.97 Å². The van der Waals surface area contributed by atoms with Gasteiger partial charge in [-0.2, -0.15) is 0 Å². The quantitative estimate of drug-likeness (QED) is 0.543. The van der Waals surface area contributed by atoms with E-state index in [0.29, 0.717) is 4.90 Å². The summed E-state index contributed by atoms with van der Waals surface area (Å²) >= 11 is 0. The zero-order valence-corrected chi connectivity index (χ0v) is 16.4. The summed E-state index contributed by atoms with van der Waals surface area (Å²) in [6.07, 6.45) is -0.0427. The molecule has 0 spiro atoms. The monoisotopic (exact) mass is 423 g/mol. The summed E-state index contributed by atoms with van der Waals surface area (Å²) in [6, 6.07) is 2.11. The second kappa shape index (κ2) is 9.55. The highest BCUT2D eigenvalue weighted by molar-refractivity contribution is 6.23. The number of likely N-dealkylation sites (tertiary alicyclic amines) is 1. The van der Waals surface area contributed by atoms with Crippen molar-refractivity contribution in [2.75, 3.05) is 20.2 Å². The van der Waals surface area contributed by atoms with Crippen molar-refractivity contribution in [2.45, 2.75) is 31.8 Å². The van der Waals surface area contributed by atoms with E-state index in [2.05, 4.69) is 5.32 Å². The number of amides is 4. The van der Waals surface area contributed by atoms with Crippen molar-refractivity contribution >= 4 is 29.6 Å². The van der Waals surface area contributed by atoms with E-state index in [1.165, 1.54) is 12.1 Å². The van der Waals surface area contributed by atoms with E-state index in [1.54, 1.807) is 14.0 Å². The minimum absolute atomic E-state index is 0.00726. The van der Waals surface area contributed by atoms with Gasteiger partial charge < -0.3 is 15.5 Å². The maximum Gasteiger partial charge on any atom is 0.320 e. The Labute approximate surface area is 171 Å². The highest BCUT2D eigenvalue weighted by Crippen LogP contribution is 2.30. The topological polar surface area (TPSA) is 144 Å². The number of carbonyl (C=O) groups excluding carboxylic acids is 4. The zero-order valence-electron chi connectivity index (χ0n) is 16.4. The van der Waals surface area contributed by atoms with Crippen molar-refractivity contribution in [1.29, 1.82) is 0 Å². The molecule has 2 aliphatic heterocycles. The number of hydrogen-bond donors (Lipinski definition) is 3. The van der Waals surface area contributed by atoms with Gasteiger partial charge in [0.1, 0.15) is 17.9 Å². The molecule has 162 valence electrons. The number of hydrogen-bond acceptors (Lipinski definition) is 7. The van der Waals surface area contributed by atoms with Gasteiger partial charge in [-0.15, -0.1) is 0 Å². The Bertz CT molecular complexity index is 889. The molecule has 1 aromatic rings. The largest absolute Gasteiger partial charge is 0.480 e. The number of carbonyl (C=O) groups is 5. The first-order chi connectivity index (χ1) is 14.1. The molecular formula is C19H22FN3O7. The molecule has 0 radical (unpaired) electrons. The van der Waals surface area contributed by atoms with Crippen molar-refractivity contribution in [3.05, 3.63) is 35.1 Å². The van der Waals surface area contributed by atoms with Crippen LogP contribution in [0.3, 0.4) is 0 Å². The van der Waals surface area contributed by atoms with Gasteiger partial charge in [-0.1, -0.05) is 6.07 Å². The van der Waals surface area contributed by atoms with Gasteiger partial charge in [-0.3, -0.25) is 33.8 Å². The average molecular weight is 423 g/mol. The van der Waals surface area contributed by atoms with Crippen LogP contribution >= 0.6 is 0 Å². The number of rotatable bonds is 5. The van der Waals surface area contributed by atoms with Crippen LogP contribution in [0.15, 0.2) is 18.2 Å². The summed E-state index contributed by atoms with van der Waals surface area (Å²) < 4.78 is 13.8. The molecule has 2 atom stereocenters. The first kappa shape index (κ1) is 23.1. The first-order valence-corrected chi connectivity index (χ1v) is 9.17. The molecule has 2 aliphatic rings. The second-order valence-corrected chi connectivity index (χ2v) is 6.65. The lowest BCUT2D eigenvalue weighted by Gasteiger charge is -2.34. The summed E-state index contributed by atoms with van der Waals surface area (Å²) in [7, 11) is 1.61. The van der Waals surface area contributed by atoms with Crippen LogP contribution < -0.4 is 5.32 Å². The van der Waals surface area contributed by atoms with E-state index in [4.69, 9.17) is 10.2 Å². The summed E-state index contributed by atoms with van der Waals surface area (Å²) in [6.45, 7) is 0.967. The number of aliphatic carboxylic acids is 1. The van der Waals surface area contributed by atoms with Crippen molar-refractivity contribution in [2.24, 2.45) is 0 Å². The van der Waals surface area contributed by atoms with Crippen LogP contribution in [0.25, 0.3) is 0 Å². The number of piperidine rings is 1. The van der Waals surface area contributed by atoms with Crippen molar-refractivity contribution in [3.63, 3.8) is 0 Å². The molecule has 2 heterocycles. The molecule has 1 fully saturated rings. The Kier molecular flexibility index (Phi) is 7.35. The average Bonchev–Trinajstić information content (AvgIpc) is 2.97. The lowest BCUT2D eigenvalue weighted by molar-refractivity contribution is -0.152. The van der Waals surface area contributed by atoms with Crippen LogP contribution in [-0.2, 0) is 14.4 Å². The van der Waals surface area contributed by atoms with E-state index in [1.807, 2.05) is 0 Å². The number of nitrogens with one attached hydrogen (secondary N) is 1. The SMILES string of the molecule is CN[C@@H](C)C(=O)O.O=C1CCC(N2C(=O)c3cccc(F)c3C2=O)C(=O)N1CCO. The van der Waals surface area contributed by atoms with Gasteiger partial charge in [0.15, 0.2) is 0 Å². The molecule has 3 N–H and O–H groups in total. The van der Waals surface area contributed by atoms with E-state index < -0.39 is 54.1 Å². The molecule has 0 saturated carbocycles. The summed E-state index contributed by atoms with van der Waals surface area (Å²) in [5, 5.41) is 19.6. The predicted molar refractivity (Wildman–Crippen MR) is 99.9 cm³/mol. The van der Waals surface area contributed by atoms with E-state index in [-0.39, 0.29) is 30.5 Å². The lowest BCUT2D eigenvalue weighted by Crippen LogP contribution is -2.56. The number of halogens is 1. The predicted octanol–water partition coefficient (Wildman–Crippen LogP) is -0.389. The number of carboxylic acids is 1.